The number of nitrogens with zero attached hydrogens (tertiary/aromatic N) is 1. The summed E-state index contributed by atoms with van der Waals surface area (Å²) in [6, 6.07) is 17.2. The Morgan fingerprint density at radius 3 is 2.00 bits per heavy atom. The van der Waals surface area contributed by atoms with Gasteiger partial charge in [0.1, 0.15) is 17.4 Å². The number of amides is 2. The molecular weight excluding hydrogens is 510 g/mol. The molecule has 2 heterocycles. The number of halogens is 2. The standard InChI is InChI=1S/C26H21F2NO5.C3H5NO/c27-18-5-1-16(2-6-18)23(30)14-13-22-25(17-3-11-21(12-4-17)34-15-24(31)32)29(26(22)33)20-9-7-19(28)8-10-20;5-3-1-2-4-3/h1-12,22,25H,13-15H2,(H,31,32);1-2H2,(H,4,5)/t22-,25-;/m1./s1. The number of carbonyl (C=O) groups is 4. The first kappa shape index (κ1) is 27.4. The molecule has 10 heteroatoms. The second kappa shape index (κ2) is 12.3. The minimum absolute atomic E-state index is 0.107. The Hall–Kier alpha value is -4.60. The van der Waals surface area contributed by atoms with E-state index in [2.05, 4.69) is 5.32 Å². The van der Waals surface area contributed by atoms with Crippen LogP contribution in [0.3, 0.4) is 0 Å². The van der Waals surface area contributed by atoms with Gasteiger partial charge in [-0.2, -0.15) is 0 Å². The molecule has 0 unspecified atom stereocenters. The van der Waals surface area contributed by atoms with Crippen molar-refractivity contribution < 1.29 is 37.8 Å². The normalized spacial score (nSPS) is 17.6. The summed E-state index contributed by atoms with van der Waals surface area (Å²) in [5.41, 5.74) is 1.68. The number of carboxylic acid groups (broad SMARTS) is 1. The van der Waals surface area contributed by atoms with E-state index >= 15 is 0 Å². The fourth-order valence-electron chi connectivity index (χ4n) is 4.30. The summed E-state index contributed by atoms with van der Waals surface area (Å²) in [5, 5.41) is 11.3. The third-order valence-electron chi connectivity index (χ3n) is 6.43. The molecule has 3 aromatic carbocycles. The highest BCUT2D eigenvalue weighted by molar-refractivity contribution is 6.04. The number of ether oxygens (including phenoxy) is 1. The first-order valence-corrected chi connectivity index (χ1v) is 12.3. The Labute approximate surface area is 223 Å². The van der Waals surface area contributed by atoms with Gasteiger partial charge in [0, 0.05) is 30.6 Å². The molecule has 0 spiro atoms. The van der Waals surface area contributed by atoms with Gasteiger partial charge in [-0.25, -0.2) is 13.6 Å². The van der Waals surface area contributed by atoms with Crippen LogP contribution in [0.25, 0.3) is 0 Å². The number of carbonyl (C=O) groups excluding carboxylic acids is 3. The van der Waals surface area contributed by atoms with E-state index in [0.717, 1.165) is 18.5 Å². The highest BCUT2D eigenvalue weighted by Crippen LogP contribution is 2.46. The SMILES string of the molecule is O=C(O)COc1ccc([C@@H]2[C@@H](CCC(=O)c3ccc(F)cc3)C(=O)N2c2ccc(F)cc2)cc1.O=C1CCN1. The van der Waals surface area contributed by atoms with Gasteiger partial charge in [0.05, 0.1) is 12.0 Å². The zero-order valence-corrected chi connectivity index (χ0v) is 20.8. The minimum atomic E-state index is -1.10. The van der Waals surface area contributed by atoms with Crippen molar-refractivity contribution in [3.8, 4) is 5.75 Å². The number of hydrogen-bond acceptors (Lipinski definition) is 5. The molecule has 0 saturated carbocycles. The maximum absolute atomic E-state index is 13.4. The first-order valence-electron chi connectivity index (χ1n) is 12.3. The van der Waals surface area contributed by atoms with E-state index in [1.54, 1.807) is 29.2 Å². The zero-order chi connectivity index (χ0) is 27.9. The number of Topliss-reactive ketones (excluding diaryl/α,β-unsaturated/α-hetero) is 1. The lowest BCUT2D eigenvalue weighted by Crippen LogP contribution is -2.55. The van der Waals surface area contributed by atoms with Crippen LogP contribution in [0.5, 0.6) is 5.75 Å². The number of carboxylic acids is 1. The summed E-state index contributed by atoms with van der Waals surface area (Å²) in [5.74, 6) is -2.26. The zero-order valence-electron chi connectivity index (χ0n) is 20.8. The molecule has 3 aromatic rings. The van der Waals surface area contributed by atoms with Crippen LogP contribution in [0.2, 0.25) is 0 Å². The topological polar surface area (TPSA) is 113 Å². The summed E-state index contributed by atoms with van der Waals surface area (Å²) in [6.45, 7) is 0.413. The molecule has 5 rings (SSSR count). The number of benzene rings is 3. The summed E-state index contributed by atoms with van der Waals surface area (Å²) in [7, 11) is 0. The molecule has 2 saturated heterocycles. The van der Waals surface area contributed by atoms with Crippen molar-refractivity contribution in [3.05, 3.63) is 95.6 Å². The molecule has 0 bridgehead atoms. The van der Waals surface area contributed by atoms with Crippen molar-refractivity contribution in [1.29, 1.82) is 0 Å². The molecule has 0 aromatic heterocycles. The van der Waals surface area contributed by atoms with E-state index in [1.165, 1.54) is 48.5 Å². The van der Waals surface area contributed by atoms with E-state index in [4.69, 9.17) is 9.84 Å². The number of rotatable bonds is 9. The smallest absolute Gasteiger partial charge is 0.341 e. The van der Waals surface area contributed by atoms with E-state index in [9.17, 15) is 28.0 Å². The van der Waals surface area contributed by atoms with Gasteiger partial charge in [0.15, 0.2) is 12.4 Å². The summed E-state index contributed by atoms with van der Waals surface area (Å²) in [6.07, 6.45) is 1.13. The Kier molecular flexibility index (Phi) is 8.65. The second-order valence-corrected chi connectivity index (χ2v) is 9.06. The molecule has 2 amide bonds. The number of ketones is 1. The van der Waals surface area contributed by atoms with Gasteiger partial charge in [-0.1, -0.05) is 12.1 Å². The third-order valence-corrected chi connectivity index (χ3v) is 6.43. The third kappa shape index (κ3) is 6.84. The van der Waals surface area contributed by atoms with Crippen LogP contribution in [-0.2, 0) is 14.4 Å². The average Bonchev–Trinajstić information content (AvgIpc) is 2.91. The lowest BCUT2D eigenvalue weighted by atomic mass is 9.78. The number of hydrogen-bond donors (Lipinski definition) is 2. The number of aliphatic carboxylic acids is 1. The van der Waals surface area contributed by atoms with Gasteiger partial charge in [-0.3, -0.25) is 14.4 Å². The Balaban J connectivity index is 0.000000634. The quantitative estimate of drug-likeness (QED) is 0.312. The van der Waals surface area contributed by atoms with Crippen molar-refractivity contribution in [2.75, 3.05) is 18.1 Å². The molecule has 2 fully saturated rings. The van der Waals surface area contributed by atoms with Gasteiger partial charge < -0.3 is 20.1 Å². The van der Waals surface area contributed by atoms with Crippen LogP contribution in [0.15, 0.2) is 72.8 Å². The van der Waals surface area contributed by atoms with Crippen LogP contribution in [0.1, 0.15) is 41.2 Å². The minimum Gasteiger partial charge on any atom is -0.482 e. The molecule has 2 aliphatic rings. The lowest BCUT2D eigenvalue weighted by molar-refractivity contribution is -0.139. The van der Waals surface area contributed by atoms with Gasteiger partial charge in [-0.15, -0.1) is 0 Å². The van der Waals surface area contributed by atoms with Crippen LogP contribution >= 0.6 is 0 Å². The highest BCUT2D eigenvalue weighted by Gasteiger charge is 2.48. The first-order chi connectivity index (χ1) is 18.7. The maximum atomic E-state index is 13.4. The number of anilines is 1. The largest absolute Gasteiger partial charge is 0.482 e. The molecule has 2 aliphatic heterocycles. The second-order valence-electron chi connectivity index (χ2n) is 9.06. The molecular formula is C29H26F2N2O6. The van der Waals surface area contributed by atoms with Crippen LogP contribution in [-0.4, -0.2) is 41.8 Å². The van der Waals surface area contributed by atoms with E-state index in [0.29, 0.717) is 17.0 Å². The van der Waals surface area contributed by atoms with Gasteiger partial charge in [-0.05, 0) is 72.6 Å². The fourth-order valence-corrected chi connectivity index (χ4v) is 4.30. The van der Waals surface area contributed by atoms with Gasteiger partial charge in [0.2, 0.25) is 11.8 Å². The monoisotopic (exact) mass is 536 g/mol. The Morgan fingerprint density at radius 2 is 1.49 bits per heavy atom. The fraction of sp³-hybridized carbons (Fsp3) is 0.241. The molecule has 2 N–H and O–H groups in total. The van der Waals surface area contributed by atoms with Crippen LogP contribution < -0.4 is 15.0 Å². The summed E-state index contributed by atoms with van der Waals surface area (Å²) in [4.78, 5) is 47.7. The van der Waals surface area contributed by atoms with Crippen LogP contribution in [0.4, 0.5) is 14.5 Å². The molecule has 2 atom stereocenters. The van der Waals surface area contributed by atoms with Crippen molar-refractivity contribution in [3.63, 3.8) is 0 Å². The molecule has 8 nitrogen and oxygen atoms in total. The van der Waals surface area contributed by atoms with Crippen LogP contribution in [0, 0.1) is 17.6 Å². The summed E-state index contributed by atoms with van der Waals surface area (Å²) >= 11 is 0. The van der Waals surface area contributed by atoms with E-state index < -0.39 is 36.2 Å². The Bertz CT molecular complexity index is 1340. The molecule has 39 heavy (non-hydrogen) atoms. The lowest BCUT2D eigenvalue weighted by Gasteiger charge is -2.47. The van der Waals surface area contributed by atoms with Gasteiger partial charge in [0.25, 0.3) is 0 Å². The number of β-lactam (4-membered cyclic amide) rings is 2. The van der Waals surface area contributed by atoms with Crippen molar-refractivity contribution in [2.45, 2.75) is 25.3 Å². The van der Waals surface area contributed by atoms with Gasteiger partial charge >= 0.3 is 5.97 Å². The predicted octanol–water partition coefficient (Wildman–Crippen LogP) is 4.30. The Morgan fingerprint density at radius 1 is 0.923 bits per heavy atom. The molecule has 0 radical (unpaired) electrons. The predicted molar refractivity (Wildman–Crippen MR) is 137 cm³/mol. The van der Waals surface area contributed by atoms with Crippen molar-refractivity contribution >= 4 is 29.3 Å². The maximum Gasteiger partial charge on any atom is 0.341 e. The van der Waals surface area contributed by atoms with E-state index in [1.807, 2.05) is 0 Å². The summed E-state index contributed by atoms with van der Waals surface area (Å²) < 4.78 is 31.7. The van der Waals surface area contributed by atoms with Crippen molar-refractivity contribution in [1.82, 2.24) is 5.32 Å². The van der Waals surface area contributed by atoms with Crippen molar-refractivity contribution in [2.24, 2.45) is 5.92 Å². The average molecular weight is 537 g/mol. The molecule has 0 aliphatic carbocycles. The highest BCUT2D eigenvalue weighted by atomic mass is 19.1. The number of nitrogens with one attached hydrogen (secondary N) is 1. The molecule has 202 valence electrons. The van der Waals surface area contributed by atoms with E-state index in [-0.39, 0.29) is 30.4 Å².